The Morgan fingerprint density at radius 3 is 2.63 bits per heavy atom. The van der Waals surface area contributed by atoms with Crippen LogP contribution < -0.4 is 10.1 Å². The van der Waals surface area contributed by atoms with Gasteiger partial charge in [-0.1, -0.05) is 18.2 Å². The third-order valence-corrected chi connectivity index (χ3v) is 8.04. The molecule has 0 aliphatic carbocycles. The molecular formula is C25H30F2N4O3S. The Hall–Kier alpha value is -2.88. The number of hydrogen-bond donors (Lipinski definition) is 1. The maximum Gasteiger partial charge on any atom is 0.218 e. The Morgan fingerprint density at radius 2 is 1.94 bits per heavy atom. The van der Waals surface area contributed by atoms with Gasteiger partial charge in [-0.25, -0.2) is 27.2 Å². The molecule has 188 valence electrons. The van der Waals surface area contributed by atoms with Crippen molar-refractivity contribution in [1.82, 2.24) is 15.0 Å². The van der Waals surface area contributed by atoms with Crippen molar-refractivity contribution in [3.8, 4) is 5.88 Å². The van der Waals surface area contributed by atoms with Crippen molar-refractivity contribution in [3.05, 3.63) is 53.1 Å². The molecule has 0 spiro atoms. The minimum absolute atomic E-state index is 0.00737. The Labute approximate surface area is 204 Å². The first-order chi connectivity index (χ1) is 16.7. The van der Waals surface area contributed by atoms with E-state index in [0.717, 1.165) is 5.56 Å². The molecular weight excluding hydrogens is 474 g/mol. The van der Waals surface area contributed by atoms with E-state index in [2.05, 4.69) is 20.3 Å². The normalized spacial score (nSPS) is 17.7. The summed E-state index contributed by atoms with van der Waals surface area (Å²) in [7, 11) is -3.02. The molecule has 3 aromatic rings. The zero-order valence-electron chi connectivity index (χ0n) is 20.1. The summed E-state index contributed by atoms with van der Waals surface area (Å²) in [4.78, 5) is 13.3. The molecule has 1 N–H and O–H groups in total. The Bertz CT molecular complexity index is 1300. The van der Waals surface area contributed by atoms with Crippen LogP contribution in [0.5, 0.6) is 5.88 Å². The summed E-state index contributed by atoms with van der Waals surface area (Å²) in [5.74, 6) is 0.729. The van der Waals surface area contributed by atoms with Gasteiger partial charge < -0.3 is 10.1 Å². The lowest BCUT2D eigenvalue weighted by Crippen LogP contribution is -2.22. The standard InChI is InChI=1S/C25H30F2N4O3S/c1-4-34-25-20(17-8-10-35(32,33)11-9-17)13-21-23(28-14-29-24(21)31-25)30-16(3)19-7-5-6-18(22(19)27)12-15(2)26/h5-7,13-17H,4,8-12H2,1-3H3,(H,28,29,30,31)/t15?,16-/m1/s1. The minimum atomic E-state index is -3.02. The lowest BCUT2D eigenvalue weighted by molar-refractivity contribution is 0.320. The number of nitrogens with zero attached hydrogens (tertiary/aromatic N) is 3. The highest BCUT2D eigenvalue weighted by atomic mass is 32.2. The first-order valence-corrected chi connectivity index (χ1v) is 13.7. The van der Waals surface area contributed by atoms with Gasteiger partial charge in [0.2, 0.25) is 5.88 Å². The van der Waals surface area contributed by atoms with Crippen molar-refractivity contribution in [2.24, 2.45) is 0 Å². The summed E-state index contributed by atoms with van der Waals surface area (Å²) in [5.41, 5.74) is 1.98. The summed E-state index contributed by atoms with van der Waals surface area (Å²) >= 11 is 0. The molecule has 1 aliphatic rings. The molecule has 7 nitrogen and oxygen atoms in total. The molecule has 1 aromatic carbocycles. The number of hydrogen-bond acceptors (Lipinski definition) is 7. The molecule has 3 heterocycles. The zero-order valence-corrected chi connectivity index (χ0v) is 20.9. The molecule has 35 heavy (non-hydrogen) atoms. The summed E-state index contributed by atoms with van der Waals surface area (Å²) < 4.78 is 58.2. The van der Waals surface area contributed by atoms with E-state index < -0.39 is 27.9 Å². The summed E-state index contributed by atoms with van der Waals surface area (Å²) in [6, 6.07) is 6.43. The van der Waals surface area contributed by atoms with Crippen molar-refractivity contribution >= 4 is 26.7 Å². The van der Waals surface area contributed by atoms with Crippen molar-refractivity contribution < 1.29 is 21.9 Å². The van der Waals surface area contributed by atoms with Gasteiger partial charge in [0.05, 0.1) is 29.5 Å². The van der Waals surface area contributed by atoms with E-state index in [1.54, 1.807) is 18.2 Å². The number of pyridine rings is 1. The van der Waals surface area contributed by atoms with E-state index in [-0.39, 0.29) is 23.8 Å². The van der Waals surface area contributed by atoms with Crippen LogP contribution in [0.15, 0.2) is 30.6 Å². The van der Waals surface area contributed by atoms with E-state index in [9.17, 15) is 12.8 Å². The summed E-state index contributed by atoms with van der Waals surface area (Å²) in [6.07, 6.45) is 1.23. The lowest BCUT2D eigenvalue weighted by atomic mass is 9.93. The number of fused-ring (bicyclic) bond motifs is 1. The van der Waals surface area contributed by atoms with E-state index in [0.29, 0.717) is 53.3 Å². The lowest BCUT2D eigenvalue weighted by Gasteiger charge is -2.24. The van der Waals surface area contributed by atoms with Gasteiger partial charge in [-0.3, -0.25) is 0 Å². The second-order valence-corrected chi connectivity index (χ2v) is 11.3. The largest absolute Gasteiger partial charge is 0.478 e. The number of nitrogens with one attached hydrogen (secondary N) is 1. The highest BCUT2D eigenvalue weighted by molar-refractivity contribution is 7.91. The van der Waals surface area contributed by atoms with Crippen LogP contribution in [-0.4, -0.2) is 47.7 Å². The van der Waals surface area contributed by atoms with Crippen LogP contribution in [0.4, 0.5) is 14.6 Å². The molecule has 1 unspecified atom stereocenters. The Morgan fingerprint density at radius 1 is 1.20 bits per heavy atom. The third kappa shape index (κ3) is 5.69. The number of ether oxygens (including phenoxy) is 1. The number of sulfone groups is 1. The number of alkyl halides is 1. The van der Waals surface area contributed by atoms with E-state index in [4.69, 9.17) is 4.74 Å². The van der Waals surface area contributed by atoms with Gasteiger partial charge in [0, 0.05) is 17.5 Å². The zero-order chi connectivity index (χ0) is 25.2. The van der Waals surface area contributed by atoms with Crippen LogP contribution in [0.1, 0.15) is 62.3 Å². The number of aromatic nitrogens is 3. The van der Waals surface area contributed by atoms with Gasteiger partial charge in [-0.15, -0.1) is 0 Å². The van der Waals surface area contributed by atoms with Crippen LogP contribution in [0, 0.1) is 5.82 Å². The third-order valence-electron chi connectivity index (χ3n) is 6.32. The first-order valence-electron chi connectivity index (χ1n) is 11.8. The average Bonchev–Trinajstić information content (AvgIpc) is 2.80. The number of benzene rings is 1. The smallest absolute Gasteiger partial charge is 0.218 e. The van der Waals surface area contributed by atoms with Crippen molar-refractivity contribution in [3.63, 3.8) is 0 Å². The van der Waals surface area contributed by atoms with Gasteiger partial charge in [0.1, 0.15) is 34.0 Å². The molecule has 2 atom stereocenters. The number of halogens is 2. The van der Waals surface area contributed by atoms with E-state index >= 15 is 4.39 Å². The minimum Gasteiger partial charge on any atom is -0.478 e. The highest BCUT2D eigenvalue weighted by Gasteiger charge is 2.28. The van der Waals surface area contributed by atoms with Crippen LogP contribution in [0.2, 0.25) is 0 Å². The second kappa shape index (κ2) is 10.4. The van der Waals surface area contributed by atoms with E-state index in [1.165, 1.54) is 13.3 Å². The molecule has 0 amide bonds. The van der Waals surface area contributed by atoms with Crippen molar-refractivity contribution in [2.75, 3.05) is 23.4 Å². The fourth-order valence-electron chi connectivity index (χ4n) is 4.52. The number of rotatable bonds is 8. The fraction of sp³-hybridized carbons (Fsp3) is 0.480. The predicted octanol–water partition coefficient (Wildman–Crippen LogP) is 4.93. The molecule has 2 aromatic heterocycles. The molecule has 0 bridgehead atoms. The van der Waals surface area contributed by atoms with Gasteiger partial charge in [-0.2, -0.15) is 4.98 Å². The summed E-state index contributed by atoms with van der Waals surface area (Å²) in [6.45, 7) is 5.49. The van der Waals surface area contributed by atoms with Crippen molar-refractivity contribution in [2.45, 2.75) is 58.2 Å². The first kappa shape index (κ1) is 25.2. The average molecular weight is 505 g/mol. The summed E-state index contributed by atoms with van der Waals surface area (Å²) in [5, 5.41) is 3.89. The fourth-order valence-corrected chi connectivity index (χ4v) is 6.02. The quantitative estimate of drug-likeness (QED) is 0.465. The maximum absolute atomic E-state index is 15.1. The molecule has 4 rings (SSSR count). The topological polar surface area (TPSA) is 94.1 Å². The van der Waals surface area contributed by atoms with E-state index in [1.807, 2.05) is 19.9 Å². The number of anilines is 1. The molecule has 10 heteroatoms. The van der Waals surface area contributed by atoms with Crippen LogP contribution >= 0.6 is 0 Å². The Kier molecular flexibility index (Phi) is 7.49. The predicted molar refractivity (Wildman–Crippen MR) is 132 cm³/mol. The molecule has 1 fully saturated rings. The molecule has 0 saturated carbocycles. The second-order valence-electron chi connectivity index (χ2n) is 9.01. The van der Waals surface area contributed by atoms with Crippen LogP contribution in [-0.2, 0) is 16.3 Å². The van der Waals surface area contributed by atoms with Crippen molar-refractivity contribution in [1.29, 1.82) is 0 Å². The SMILES string of the molecule is CCOc1nc2ncnc(N[C@H](C)c3cccc(CC(C)F)c3F)c2cc1C1CCS(=O)(=O)CC1. The van der Waals surface area contributed by atoms with Gasteiger partial charge in [-0.05, 0) is 51.2 Å². The van der Waals surface area contributed by atoms with Crippen LogP contribution in [0.3, 0.4) is 0 Å². The van der Waals surface area contributed by atoms with Crippen LogP contribution in [0.25, 0.3) is 11.0 Å². The molecule has 0 radical (unpaired) electrons. The molecule has 1 saturated heterocycles. The van der Waals surface area contributed by atoms with Gasteiger partial charge in [0.25, 0.3) is 0 Å². The maximum atomic E-state index is 15.1. The van der Waals surface area contributed by atoms with Gasteiger partial charge in [0.15, 0.2) is 5.65 Å². The Balaban J connectivity index is 1.70. The highest BCUT2D eigenvalue weighted by Crippen LogP contribution is 2.37. The molecule has 1 aliphatic heterocycles. The monoisotopic (exact) mass is 504 g/mol. The van der Waals surface area contributed by atoms with Gasteiger partial charge >= 0.3 is 0 Å².